The number of amides is 2. The quantitative estimate of drug-likeness (QED) is 0.279. The number of rotatable bonds is 11. The maximum atomic E-state index is 13.9. The van der Waals surface area contributed by atoms with Crippen LogP contribution in [0.4, 0.5) is 5.69 Å². The monoisotopic (exact) mass is 607 g/mol. The Labute approximate surface area is 244 Å². The molecule has 3 aromatic rings. The molecule has 39 heavy (non-hydrogen) atoms. The summed E-state index contributed by atoms with van der Waals surface area (Å²) in [6.07, 6.45) is 1.90. The summed E-state index contributed by atoms with van der Waals surface area (Å²) in [6, 6.07) is 17.3. The fraction of sp³-hybridized carbons (Fsp3) is 0.286. The van der Waals surface area contributed by atoms with Crippen LogP contribution in [0.3, 0.4) is 0 Å². The van der Waals surface area contributed by atoms with Gasteiger partial charge in [0.05, 0.1) is 10.6 Å². The number of likely N-dealkylation sites (N-methyl/N-ethyl adjacent to an activating group) is 1. The topological polar surface area (TPSA) is 86.8 Å². The molecule has 7 nitrogen and oxygen atoms in total. The van der Waals surface area contributed by atoms with E-state index in [0.717, 1.165) is 14.8 Å². The predicted octanol–water partition coefficient (Wildman–Crippen LogP) is 5.77. The summed E-state index contributed by atoms with van der Waals surface area (Å²) in [5, 5.41) is 3.49. The lowest BCUT2D eigenvalue weighted by atomic mass is 10.1. The first-order chi connectivity index (χ1) is 18.5. The number of benzene rings is 3. The Morgan fingerprint density at radius 3 is 2.21 bits per heavy atom. The Kier molecular flexibility index (Phi) is 10.7. The zero-order valence-corrected chi connectivity index (χ0v) is 25.3. The molecule has 11 heteroatoms. The normalized spacial score (nSPS) is 12.1. The maximum Gasteiger partial charge on any atom is 0.264 e. The SMILES string of the molecule is CCNC(=O)[C@@H](C)N(Cc1ccc(Cl)cc1Cl)C(=O)CN(c1ccc(C)cc1)S(=O)(=O)c1ccc(SC)cc1. The minimum absolute atomic E-state index is 0.0165. The minimum Gasteiger partial charge on any atom is -0.355 e. The van der Waals surface area contributed by atoms with E-state index in [2.05, 4.69) is 5.32 Å². The molecule has 0 radical (unpaired) electrons. The third-order valence-corrected chi connectivity index (χ3v) is 9.24. The largest absolute Gasteiger partial charge is 0.355 e. The van der Waals surface area contributed by atoms with Crippen LogP contribution >= 0.6 is 35.0 Å². The minimum atomic E-state index is -4.13. The highest BCUT2D eigenvalue weighted by Crippen LogP contribution is 2.27. The molecule has 0 saturated carbocycles. The molecule has 0 aromatic heterocycles. The summed E-state index contributed by atoms with van der Waals surface area (Å²) < 4.78 is 28.8. The summed E-state index contributed by atoms with van der Waals surface area (Å²) in [6.45, 7) is 5.10. The van der Waals surface area contributed by atoms with E-state index in [4.69, 9.17) is 23.2 Å². The summed E-state index contributed by atoms with van der Waals surface area (Å²) in [5.74, 6) is -0.932. The van der Waals surface area contributed by atoms with Gasteiger partial charge in [0.15, 0.2) is 0 Å². The van der Waals surface area contributed by atoms with Crippen molar-refractivity contribution in [3.05, 3.63) is 87.9 Å². The van der Waals surface area contributed by atoms with Gasteiger partial charge in [0.25, 0.3) is 10.0 Å². The molecule has 0 aliphatic carbocycles. The predicted molar refractivity (Wildman–Crippen MR) is 159 cm³/mol. The van der Waals surface area contributed by atoms with E-state index in [-0.39, 0.29) is 17.3 Å². The number of carbonyl (C=O) groups is 2. The number of hydrogen-bond donors (Lipinski definition) is 1. The lowest BCUT2D eigenvalue weighted by Gasteiger charge is -2.32. The summed E-state index contributed by atoms with van der Waals surface area (Å²) in [4.78, 5) is 29.0. The van der Waals surface area contributed by atoms with Crippen LogP contribution in [0.25, 0.3) is 0 Å². The van der Waals surface area contributed by atoms with Gasteiger partial charge in [-0.1, -0.05) is 47.0 Å². The lowest BCUT2D eigenvalue weighted by Crippen LogP contribution is -2.51. The molecule has 0 aliphatic heterocycles. The molecule has 1 atom stereocenters. The van der Waals surface area contributed by atoms with Crippen LogP contribution in [0.15, 0.2) is 76.5 Å². The molecule has 0 spiro atoms. The second-order valence-corrected chi connectivity index (χ2v) is 12.4. The van der Waals surface area contributed by atoms with Gasteiger partial charge in [-0.25, -0.2) is 8.42 Å². The van der Waals surface area contributed by atoms with E-state index in [1.165, 1.54) is 28.8 Å². The van der Waals surface area contributed by atoms with Gasteiger partial charge in [0, 0.05) is 28.0 Å². The number of hydrogen-bond acceptors (Lipinski definition) is 5. The first-order valence-corrected chi connectivity index (χ1v) is 15.6. The number of nitrogens with zero attached hydrogens (tertiary/aromatic N) is 2. The average Bonchev–Trinajstić information content (AvgIpc) is 2.91. The number of halogens is 2. The third-order valence-electron chi connectivity index (χ3n) is 6.12. The maximum absolute atomic E-state index is 13.9. The molecule has 208 valence electrons. The van der Waals surface area contributed by atoms with Crippen molar-refractivity contribution in [1.82, 2.24) is 10.2 Å². The van der Waals surface area contributed by atoms with Crippen molar-refractivity contribution >= 4 is 62.5 Å². The highest BCUT2D eigenvalue weighted by molar-refractivity contribution is 7.98. The first-order valence-electron chi connectivity index (χ1n) is 12.2. The van der Waals surface area contributed by atoms with E-state index < -0.39 is 28.5 Å². The smallest absolute Gasteiger partial charge is 0.264 e. The van der Waals surface area contributed by atoms with Gasteiger partial charge in [0.2, 0.25) is 11.8 Å². The molecule has 0 fully saturated rings. The van der Waals surface area contributed by atoms with E-state index in [0.29, 0.717) is 27.8 Å². The number of aryl methyl sites for hydroxylation is 1. The standard InChI is InChI=1S/C28H31Cl2N3O4S2/c1-5-31-28(35)20(3)32(17-21-8-9-22(29)16-26(21)30)27(34)18-33(23-10-6-19(2)7-11-23)39(36,37)25-14-12-24(38-4)13-15-25/h6-16,20H,5,17-18H2,1-4H3,(H,31,35)/t20-/m1/s1. The molecule has 3 aromatic carbocycles. The number of thioether (sulfide) groups is 1. The van der Waals surface area contributed by atoms with E-state index >= 15 is 0 Å². The highest BCUT2D eigenvalue weighted by atomic mass is 35.5. The number of carbonyl (C=O) groups excluding carboxylic acids is 2. The van der Waals surface area contributed by atoms with Gasteiger partial charge >= 0.3 is 0 Å². The number of sulfonamides is 1. The van der Waals surface area contributed by atoms with Crippen molar-refractivity contribution in [1.29, 1.82) is 0 Å². The van der Waals surface area contributed by atoms with Crippen molar-refractivity contribution < 1.29 is 18.0 Å². The summed E-state index contributed by atoms with van der Waals surface area (Å²) in [7, 11) is -4.13. The third kappa shape index (κ3) is 7.69. The molecular formula is C28H31Cl2N3O4S2. The van der Waals surface area contributed by atoms with Crippen molar-refractivity contribution in [3.63, 3.8) is 0 Å². The summed E-state index contributed by atoms with van der Waals surface area (Å²) >= 11 is 13.9. The van der Waals surface area contributed by atoms with Gasteiger partial charge in [0.1, 0.15) is 12.6 Å². The van der Waals surface area contributed by atoms with Gasteiger partial charge in [-0.3, -0.25) is 13.9 Å². The molecule has 2 amide bonds. The zero-order valence-electron chi connectivity index (χ0n) is 22.1. The van der Waals surface area contributed by atoms with Crippen LogP contribution in [0, 0.1) is 6.92 Å². The molecule has 0 aliphatic rings. The fourth-order valence-electron chi connectivity index (χ4n) is 3.85. The number of nitrogens with one attached hydrogen (secondary N) is 1. The van der Waals surface area contributed by atoms with Gasteiger partial charge in [-0.2, -0.15) is 0 Å². The van der Waals surface area contributed by atoms with Crippen LogP contribution in [0.5, 0.6) is 0 Å². The zero-order chi connectivity index (χ0) is 28.7. The number of anilines is 1. The first kappa shape index (κ1) is 30.8. The van der Waals surface area contributed by atoms with Crippen molar-refractivity contribution in [2.75, 3.05) is 23.7 Å². The van der Waals surface area contributed by atoms with Gasteiger partial charge < -0.3 is 10.2 Å². The van der Waals surface area contributed by atoms with Crippen LogP contribution in [-0.4, -0.2) is 50.5 Å². The Morgan fingerprint density at radius 1 is 1.00 bits per heavy atom. The van der Waals surface area contributed by atoms with Crippen molar-refractivity contribution in [2.45, 2.75) is 43.1 Å². The molecule has 0 bridgehead atoms. The average molecular weight is 609 g/mol. The van der Waals surface area contributed by atoms with E-state index in [1.807, 2.05) is 13.2 Å². The molecule has 0 heterocycles. The Morgan fingerprint density at radius 2 is 1.64 bits per heavy atom. The Balaban J connectivity index is 2.04. The highest BCUT2D eigenvalue weighted by Gasteiger charge is 2.32. The van der Waals surface area contributed by atoms with Crippen LogP contribution < -0.4 is 9.62 Å². The molecule has 1 N–H and O–H groups in total. The van der Waals surface area contributed by atoms with E-state index in [1.54, 1.807) is 68.4 Å². The van der Waals surface area contributed by atoms with Crippen molar-refractivity contribution in [2.24, 2.45) is 0 Å². The Hall–Kier alpha value is -2.72. The van der Waals surface area contributed by atoms with Crippen LogP contribution in [0.2, 0.25) is 10.0 Å². The molecular weight excluding hydrogens is 577 g/mol. The van der Waals surface area contributed by atoms with Gasteiger partial charge in [-0.05, 0) is 81.1 Å². The molecule has 3 rings (SSSR count). The van der Waals surface area contributed by atoms with Crippen LogP contribution in [-0.2, 0) is 26.2 Å². The van der Waals surface area contributed by atoms with Crippen molar-refractivity contribution in [3.8, 4) is 0 Å². The second-order valence-electron chi connectivity index (χ2n) is 8.85. The molecule has 0 unspecified atom stereocenters. The molecule has 0 saturated heterocycles. The fourth-order valence-corrected chi connectivity index (χ4v) is 6.14. The summed E-state index contributed by atoms with van der Waals surface area (Å²) in [5.41, 5.74) is 1.84. The van der Waals surface area contributed by atoms with Crippen LogP contribution in [0.1, 0.15) is 25.0 Å². The lowest BCUT2D eigenvalue weighted by molar-refractivity contribution is -0.139. The Bertz CT molecular complexity index is 1420. The second kappa shape index (κ2) is 13.6. The van der Waals surface area contributed by atoms with E-state index in [9.17, 15) is 18.0 Å². The van der Waals surface area contributed by atoms with Gasteiger partial charge in [-0.15, -0.1) is 11.8 Å².